The molecule has 0 aliphatic carbocycles. The number of hydrogen-bond donors (Lipinski definition) is 1. The molecule has 0 radical (unpaired) electrons. The van der Waals surface area contributed by atoms with Crippen molar-refractivity contribution in [2.75, 3.05) is 40.6 Å². The van der Waals surface area contributed by atoms with Gasteiger partial charge in [0, 0.05) is 18.2 Å². The van der Waals surface area contributed by atoms with E-state index in [2.05, 4.69) is 0 Å². The number of morpholine rings is 1. The number of ether oxygens (including phenoxy) is 3. The molecule has 0 bridgehead atoms. The molecule has 1 unspecified atom stereocenters. The quantitative estimate of drug-likeness (QED) is 0.872. The third-order valence-corrected chi connectivity index (χ3v) is 3.30. The molecule has 2 rings (SSSR count). The smallest absolute Gasteiger partial charge is 0.254 e. The minimum absolute atomic E-state index is 0.118. The number of carbonyl (C=O) groups is 1. The van der Waals surface area contributed by atoms with Crippen LogP contribution in [0.3, 0.4) is 0 Å². The van der Waals surface area contributed by atoms with Gasteiger partial charge in [0.15, 0.2) is 0 Å². The Morgan fingerprint density at radius 2 is 2.00 bits per heavy atom. The Morgan fingerprint density at radius 1 is 1.35 bits per heavy atom. The molecule has 0 saturated carbocycles. The van der Waals surface area contributed by atoms with Crippen LogP contribution in [0.15, 0.2) is 18.2 Å². The first kappa shape index (κ1) is 14.6. The van der Waals surface area contributed by atoms with E-state index in [1.807, 2.05) is 0 Å². The number of methoxy groups -OCH3 is 2. The lowest BCUT2D eigenvalue weighted by Gasteiger charge is -2.34. The number of carbonyl (C=O) groups excluding carboxylic acids is 1. The monoisotopic (exact) mass is 281 g/mol. The molecule has 6 heteroatoms. The van der Waals surface area contributed by atoms with Crippen molar-refractivity contribution in [1.29, 1.82) is 0 Å². The van der Waals surface area contributed by atoms with Crippen LogP contribution >= 0.6 is 0 Å². The molecule has 0 spiro atoms. The summed E-state index contributed by atoms with van der Waals surface area (Å²) in [6.45, 7) is 1.17. The summed E-state index contributed by atoms with van der Waals surface area (Å²) in [4.78, 5) is 14.2. The number of hydrogen-bond acceptors (Lipinski definition) is 5. The second-order valence-electron chi connectivity index (χ2n) is 4.51. The Bertz CT molecular complexity index is 454. The van der Waals surface area contributed by atoms with Gasteiger partial charge in [0.05, 0.1) is 40.1 Å². The molecule has 1 aliphatic rings. The van der Waals surface area contributed by atoms with Crippen molar-refractivity contribution < 1.29 is 24.1 Å². The fraction of sp³-hybridized carbons (Fsp3) is 0.500. The molecule has 1 atom stereocenters. The Kier molecular flexibility index (Phi) is 4.81. The van der Waals surface area contributed by atoms with E-state index in [-0.39, 0.29) is 18.6 Å². The van der Waals surface area contributed by atoms with Gasteiger partial charge < -0.3 is 24.2 Å². The SMILES string of the molecule is COc1cc(OC)cc(C(=O)N2CCOCC2CO)c1. The van der Waals surface area contributed by atoms with Gasteiger partial charge in [-0.2, -0.15) is 0 Å². The van der Waals surface area contributed by atoms with Crippen LogP contribution in [0.4, 0.5) is 0 Å². The molecule has 1 aromatic rings. The molecule has 0 aromatic heterocycles. The normalized spacial score (nSPS) is 18.8. The van der Waals surface area contributed by atoms with Crippen LogP contribution in [0, 0.1) is 0 Å². The largest absolute Gasteiger partial charge is 0.497 e. The van der Waals surface area contributed by atoms with Crippen molar-refractivity contribution in [1.82, 2.24) is 4.90 Å². The van der Waals surface area contributed by atoms with E-state index in [0.29, 0.717) is 36.8 Å². The molecule has 1 N–H and O–H groups in total. The molecule has 1 saturated heterocycles. The van der Waals surface area contributed by atoms with Crippen LogP contribution in [0.2, 0.25) is 0 Å². The van der Waals surface area contributed by atoms with Crippen LogP contribution in [-0.4, -0.2) is 62.5 Å². The Balaban J connectivity index is 2.27. The first-order chi connectivity index (χ1) is 9.69. The summed E-state index contributed by atoms with van der Waals surface area (Å²) in [5, 5.41) is 9.34. The second-order valence-corrected chi connectivity index (χ2v) is 4.51. The van der Waals surface area contributed by atoms with E-state index in [1.54, 1.807) is 23.1 Å². The van der Waals surface area contributed by atoms with E-state index in [4.69, 9.17) is 14.2 Å². The summed E-state index contributed by atoms with van der Waals surface area (Å²) in [6, 6.07) is 4.72. The van der Waals surface area contributed by atoms with Crippen molar-refractivity contribution in [3.05, 3.63) is 23.8 Å². The Morgan fingerprint density at radius 3 is 2.55 bits per heavy atom. The number of aliphatic hydroxyl groups excluding tert-OH is 1. The predicted molar refractivity (Wildman–Crippen MR) is 72.3 cm³/mol. The minimum Gasteiger partial charge on any atom is -0.497 e. The highest BCUT2D eigenvalue weighted by atomic mass is 16.5. The molecule has 1 amide bonds. The van der Waals surface area contributed by atoms with Crippen molar-refractivity contribution in [2.45, 2.75) is 6.04 Å². The fourth-order valence-corrected chi connectivity index (χ4v) is 2.17. The number of rotatable bonds is 4. The van der Waals surface area contributed by atoms with Crippen LogP contribution in [0.5, 0.6) is 11.5 Å². The molecule has 20 heavy (non-hydrogen) atoms. The summed E-state index contributed by atoms with van der Waals surface area (Å²) >= 11 is 0. The van der Waals surface area contributed by atoms with Gasteiger partial charge in [-0.25, -0.2) is 0 Å². The van der Waals surface area contributed by atoms with Gasteiger partial charge in [-0.3, -0.25) is 4.79 Å². The van der Waals surface area contributed by atoms with Crippen LogP contribution in [0.1, 0.15) is 10.4 Å². The van der Waals surface area contributed by atoms with E-state index < -0.39 is 0 Å². The summed E-state index contributed by atoms with van der Waals surface area (Å²) in [6.07, 6.45) is 0. The molecule has 1 fully saturated rings. The summed E-state index contributed by atoms with van der Waals surface area (Å²) in [5.74, 6) is 0.951. The first-order valence-electron chi connectivity index (χ1n) is 6.42. The molecule has 110 valence electrons. The maximum Gasteiger partial charge on any atom is 0.254 e. The lowest BCUT2D eigenvalue weighted by molar-refractivity contribution is -0.0184. The van der Waals surface area contributed by atoms with Crippen molar-refractivity contribution in [2.24, 2.45) is 0 Å². The number of aliphatic hydroxyl groups is 1. The van der Waals surface area contributed by atoms with Gasteiger partial charge in [-0.1, -0.05) is 0 Å². The van der Waals surface area contributed by atoms with Gasteiger partial charge in [0.2, 0.25) is 0 Å². The maximum atomic E-state index is 12.6. The highest BCUT2D eigenvalue weighted by molar-refractivity contribution is 5.95. The van der Waals surface area contributed by atoms with Crippen LogP contribution in [-0.2, 0) is 4.74 Å². The number of benzene rings is 1. The van der Waals surface area contributed by atoms with Crippen LogP contribution in [0.25, 0.3) is 0 Å². The lowest BCUT2D eigenvalue weighted by atomic mass is 10.1. The second kappa shape index (κ2) is 6.58. The average molecular weight is 281 g/mol. The zero-order valence-corrected chi connectivity index (χ0v) is 11.7. The van der Waals surface area contributed by atoms with Crippen LogP contribution < -0.4 is 9.47 Å². The van der Waals surface area contributed by atoms with Crippen molar-refractivity contribution in [3.63, 3.8) is 0 Å². The molecule has 1 aliphatic heterocycles. The Hall–Kier alpha value is -1.79. The molecule has 1 heterocycles. The highest BCUT2D eigenvalue weighted by Crippen LogP contribution is 2.24. The molecule has 1 aromatic carbocycles. The highest BCUT2D eigenvalue weighted by Gasteiger charge is 2.28. The topological polar surface area (TPSA) is 68.2 Å². The molecular weight excluding hydrogens is 262 g/mol. The van der Waals surface area contributed by atoms with E-state index in [9.17, 15) is 9.90 Å². The fourth-order valence-electron chi connectivity index (χ4n) is 2.17. The number of amides is 1. The summed E-state index contributed by atoms with van der Waals surface area (Å²) in [5.41, 5.74) is 0.474. The van der Waals surface area contributed by atoms with E-state index in [1.165, 1.54) is 14.2 Å². The van der Waals surface area contributed by atoms with Gasteiger partial charge >= 0.3 is 0 Å². The Labute approximate surface area is 117 Å². The van der Waals surface area contributed by atoms with Crippen molar-refractivity contribution >= 4 is 5.91 Å². The summed E-state index contributed by atoms with van der Waals surface area (Å²) in [7, 11) is 3.07. The van der Waals surface area contributed by atoms with Gasteiger partial charge in [0.1, 0.15) is 11.5 Å². The minimum atomic E-state index is -0.312. The van der Waals surface area contributed by atoms with E-state index in [0.717, 1.165) is 0 Å². The third-order valence-electron chi connectivity index (χ3n) is 3.30. The third kappa shape index (κ3) is 3.02. The first-order valence-corrected chi connectivity index (χ1v) is 6.42. The summed E-state index contributed by atoms with van der Waals surface area (Å²) < 4.78 is 15.6. The number of nitrogens with zero attached hydrogens (tertiary/aromatic N) is 1. The van der Waals surface area contributed by atoms with Crippen molar-refractivity contribution in [3.8, 4) is 11.5 Å². The van der Waals surface area contributed by atoms with Gasteiger partial charge in [0.25, 0.3) is 5.91 Å². The standard InChI is InChI=1S/C14H19NO5/c1-18-12-5-10(6-13(7-12)19-2)14(17)15-3-4-20-9-11(15)8-16/h5-7,11,16H,3-4,8-9H2,1-2H3. The molecule has 6 nitrogen and oxygen atoms in total. The zero-order valence-electron chi connectivity index (χ0n) is 11.7. The van der Waals surface area contributed by atoms with Gasteiger partial charge in [-0.15, -0.1) is 0 Å². The van der Waals surface area contributed by atoms with Gasteiger partial charge in [-0.05, 0) is 12.1 Å². The predicted octanol–water partition coefficient (Wildman–Crippen LogP) is 0.537. The lowest BCUT2D eigenvalue weighted by Crippen LogP contribution is -2.50. The maximum absolute atomic E-state index is 12.6. The average Bonchev–Trinajstić information content (AvgIpc) is 2.53. The zero-order chi connectivity index (χ0) is 14.5. The molecular formula is C14H19NO5. The van der Waals surface area contributed by atoms with E-state index >= 15 is 0 Å².